The van der Waals surface area contributed by atoms with Gasteiger partial charge in [-0.1, -0.05) is 13.8 Å². The fourth-order valence-electron chi connectivity index (χ4n) is 2.15. The number of ether oxygens (including phenoxy) is 1. The summed E-state index contributed by atoms with van der Waals surface area (Å²) >= 11 is 0. The van der Waals surface area contributed by atoms with Gasteiger partial charge in [0.1, 0.15) is 11.4 Å². The molecule has 4 heteroatoms. The highest BCUT2D eigenvalue weighted by molar-refractivity contribution is 5.81. The first-order chi connectivity index (χ1) is 9.06. The number of amidine groups is 1. The fourth-order valence-corrected chi connectivity index (χ4v) is 2.15. The molecular weight excluding hydrogens is 238 g/mol. The van der Waals surface area contributed by atoms with Gasteiger partial charge in [-0.3, -0.25) is 0 Å². The molecule has 19 heavy (non-hydrogen) atoms. The molecule has 0 atom stereocenters. The van der Waals surface area contributed by atoms with Crippen molar-refractivity contribution in [2.45, 2.75) is 33.7 Å². The van der Waals surface area contributed by atoms with Crippen LogP contribution in [0.15, 0.2) is 17.1 Å². The van der Waals surface area contributed by atoms with Crippen molar-refractivity contribution >= 4 is 11.5 Å². The molecule has 1 aromatic rings. The molecule has 0 amide bonds. The zero-order valence-electron chi connectivity index (χ0n) is 12.0. The van der Waals surface area contributed by atoms with Crippen molar-refractivity contribution in [2.75, 3.05) is 13.2 Å². The molecule has 1 aliphatic heterocycles. The van der Waals surface area contributed by atoms with E-state index in [4.69, 9.17) is 10.5 Å². The Kier molecular flexibility index (Phi) is 4.43. The molecular formula is C15H23N3O. The number of nitrogens with two attached hydrogens (primary N) is 1. The van der Waals surface area contributed by atoms with E-state index in [-0.39, 0.29) is 0 Å². The number of rotatable bonds is 4. The maximum atomic E-state index is 5.88. The minimum atomic E-state index is 0.491. The maximum Gasteiger partial charge on any atom is 0.145 e. The van der Waals surface area contributed by atoms with Gasteiger partial charge in [0.15, 0.2) is 0 Å². The zero-order chi connectivity index (χ0) is 13.8. The molecule has 1 aromatic carbocycles. The van der Waals surface area contributed by atoms with E-state index in [1.54, 1.807) is 6.92 Å². The van der Waals surface area contributed by atoms with Gasteiger partial charge in [0.25, 0.3) is 0 Å². The molecule has 0 fully saturated rings. The van der Waals surface area contributed by atoms with Gasteiger partial charge in [-0.25, -0.2) is 4.99 Å². The van der Waals surface area contributed by atoms with E-state index in [0.29, 0.717) is 18.4 Å². The second-order valence-corrected chi connectivity index (χ2v) is 5.47. The van der Waals surface area contributed by atoms with Crippen LogP contribution >= 0.6 is 0 Å². The average molecular weight is 261 g/mol. The van der Waals surface area contributed by atoms with Crippen LogP contribution in [0.4, 0.5) is 5.69 Å². The van der Waals surface area contributed by atoms with Crippen molar-refractivity contribution in [1.29, 1.82) is 0 Å². The number of hydrogen-bond acceptors (Lipinski definition) is 3. The summed E-state index contributed by atoms with van der Waals surface area (Å²) < 4.78 is 5.88. The van der Waals surface area contributed by atoms with E-state index in [0.717, 1.165) is 30.9 Å². The molecule has 0 unspecified atom stereocenters. The summed E-state index contributed by atoms with van der Waals surface area (Å²) in [6, 6.07) is 4.22. The van der Waals surface area contributed by atoms with E-state index in [2.05, 4.69) is 36.3 Å². The predicted molar refractivity (Wildman–Crippen MR) is 79.1 cm³/mol. The van der Waals surface area contributed by atoms with E-state index in [1.807, 2.05) is 0 Å². The van der Waals surface area contributed by atoms with Gasteiger partial charge >= 0.3 is 0 Å². The Balaban J connectivity index is 2.34. The standard InChI is InChI=1S/C15H23N3O/c1-10(2)9-19-15-7-13-8-17-5-4-12(13)6-14(15)18-11(3)16/h6-7,10,17H,4-5,8-9H2,1-3H3,(H2,16,18). The molecule has 0 bridgehead atoms. The van der Waals surface area contributed by atoms with Crippen molar-refractivity contribution in [2.24, 2.45) is 16.6 Å². The molecule has 1 heterocycles. The van der Waals surface area contributed by atoms with Crippen molar-refractivity contribution in [3.05, 3.63) is 23.3 Å². The van der Waals surface area contributed by atoms with Crippen molar-refractivity contribution in [1.82, 2.24) is 5.32 Å². The summed E-state index contributed by atoms with van der Waals surface area (Å²) in [5, 5.41) is 3.38. The lowest BCUT2D eigenvalue weighted by molar-refractivity contribution is 0.271. The lowest BCUT2D eigenvalue weighted by atomic mass is 10.00. The highest BCUT2D eigenvalue weighted by Crippen LogP contribution is 2.33. The summed E-state index contributed by atoms with van der Waals surface area (Å²) in [5.41, 5.74) is 9.20. The largest absolute Gasteiger partial charge is 0.491 e. The lowest BCUT2D eigenvalue weighted by Gasteiger charge is -2.20. The van der Waals surface area contributed by atoms with Gasteiger partial charge in [-0.2, -0.15) is 0 Å². The molecule has 0 aliphatic carbocycles. The SMILES string of the molecule is CC(N)=Nc1cc2c(cc1OCC(C)C)CNCC2. The number of benzene rings is 1. The molecule has 0 radical (unpaired) electrons. The van der Waals surface area contributed by atoms with Gasteiger partial charge in [0.2, 0.25) is 0 Å². The monoisotopic (exact) mass is 261 g/mol. The smallest absolute Gasteiger partial charge is 0.145 e. The number of hydrogen-bond donors (Lipinski definition) is 2. The average Bonchev–Trinajstić information content (AvgIpc) is 2.35. The number of nitrogens with one attached hydrogen (secondary N) is 1. The zero-order valence-corrected chi connectivity index (χ0v) is 12.0. The Morgan fingerprint density at radius 2 is 2.21 bits per heavy atom. The van der Waals surface area contributed by atoms with Crippen LogP contribution in [0.5, 0.6) is 5.75 Å². The second kappa shape index (κ2) is 6.06. The van der Waals surface area contributed by atoms with Gasteiger partial charge in [-0.15, -0.1) is 0 Å². The van der Waals surface area contributed by atoms with Gasteiger partial charge in [0, 0.05) is 6.54 Å². The Bertz CT molecular complexity index is 477. The van der Waals surface area contributed by atoms with Crippen LogP contribution in [-0.2, 0) is 13.0 Å². The maximum absolute atomic E-state index is 5.88. The van der Waals surface area contributed by atoms with Gasteiger partial charge < -0.3 is 15.8 Å². The van der Waals surface area contributed by atoms with Crippen LogP contribution < -0.4 is 15.8 Å². The van der Waals surface area contributed by atoms with Crippen molar-refractivity contribution in [3.63, 3.8) is 0 Å². The van der Waals surface area contributed by atoms with Crippen LogP contribution in [-0.4, -0.2) is 19.0 Å². The first-order valence-corrected chi connectivity index (χ1v) is 6.86. The molecule has 2 rings (SSSR count). The fraction of sp³-hybridized carbons (Fsp3) is 0.533. The topological polar surface area (TPSA) is 59.6 Å². The Morgan fingerprint density at radius 1 is 1.42 bits per heavy atom. The summed E-state index contributed by atoms with van der Waals surface area (Å²) in [5.74, 6) is 1.88. The van der Waals surface area contributed by atoms with Crippen LogP contribution in [0.1, 0.15) is 31.9 Å². The van der Waals surface area contributed by atoms with Crippen LogP contribution in [0.25, 0.3) is 0 Å². The van der Waals surface area contributed by atoms with Crippen molar-refractivity contribution in [3.8, 4) is 5.75 Å². The molecule has 1 aliphatic rings. The molecule has 104 valence electrons. The summed E-state index contributed by atoms with van der Waals surface area (Å²) in [7, 11) is 0. The summed E-state index contributed by atoms with van der Waals surface area (Å²) in [6.45, 7) is 8.68. The highest BCUT2D eigenvalue weighted by Gasteiger charge is 2.14. The van der Waals surface area contributed by atoms with E-state index in [9.17, 15) is 0 Å². The summed E-state index contributed by atoms with van der Waals surface area (Å²) in [6.07, 6.45) is 1.03. The Morgan fingerprint density at radius 3 is 2.89 bits per heavy atom. The minimum absolute atomic E-state index is 0.491. The predicted octanol–water partition coefficient (Wildman–Crippen LogP) is 2.38. The minimum Gasteiger partial charge on any atom is -0.491 e. The highest BCUT2D eigenvalue weighted by atomic mass is 16.5. The van der Waals surface area contributed by atoms with Gasteiger partial charge in [0.05, 0.1) is 12.4 Å². The number of fused-ring (bicyclic) bond motifs is 1. The molecule has 0 spiro atoms. The third kappa shape index (κ3) is 3.70. The van der Waals surface area contributed by atoms with E-state index in [1.165, 1.54) is 11.1 Å². The normalized spacial score (nSPS) is 15.5. The first-order valence-electron chi connectivity index (χ1n) is 6.86. The molecule has 4 nitrogen and oxygen atoms in total. The summed E-state index contributed by atoms with van der Waals surface area (Å²) in [4.78, 5) is 4.39. The number of nitrogens with zero attached hydrogens (tertiary/aromatic N) is 1. The van der Waals surface area contributed by atoms with Gasteiger partial charge in [-0.05, 0) is 49.1 Å². The van der Waals surface area contributed by atoms with Crippen LogP contribution in [0.3, 0.4) is 0 Å². The Labute approximate surface area is 115 Å². The Hall–Kier alpha value is -1.55. The third-order valence-corrected chi connectivity index (χ3v) is 3.04. The lowest BCUT2D eigenvalue weighted by Crippen LogP contribution is -2.23. The molecule has 0 aromatic heterocycles. The van der Waals surface area contributed by atoms with Crippen LogP contribution in [0, 0.1) is 5.92 Å². The molecule has 0 saturated carbocycles. The van der Waals surface area contributed by atoms with E-state index < -0.39 is 0 Å². The molecule has 3 N–H and O–H groups in total. The third-order valence-electron chi connectivity index (χ3n) is 3.04. The molecule has 0 saturated heterocycles. The first kappa shape index (κ1) is 13.9. The van der Waals surface area contributed by atoms with Crippen molar-refractivity contribution < 1.29 is 4.74 Å². The quantitative estimate of drug-likeness (QED) is 0.646. The number of aliphatic imine (C=N–C) groups is 1. The second-order valence-electron chi connectivity index (χ2n) is 5.47. The van der Waals surface area contributed by atoms with E-state index >= 15 is 0 Å². The van der Waals surface area contributed by atoms with Crippen LogP contribution in [0.2, 0.25) is 0 Å².